The molecule has 5 rings (SSSR count). The van der Waals surface area contributed by atoms with Gasteiger partial charge in [0.2, 0.25) is 5.78 Å². The van der Waals surface area contributed by atoms with Gasteiger partial charge < -0.3 is 20.2 Å². The van der Waals surface area contributed by atoms with Crippen LogP contribution in [0.5, 0.6) is 5.75 Å². The van der Waals surface area contributed by atoms with E-state index in [1.54, 1.807) is 12.1 Å². The average Bonchev–Trinajstić information content (AvgIpc) is 3.07. The highest BCUT2D eigenvalue weighted by Crippen LogP contribution is 2.20. The molecule has 0 saturated carbocycles. The van der Waals surface area contributed by atoms with Crippen molar-refractivity contribution in [3.05, 3.63) is 114 Å². The summed E-state index contributed by atoms with van der Waals surface area (Å²) in [6.45, 7) is 4.80. The van der Waals surface area contributed by atoms with Gasteiger partial charge in [-0.1, -0.05) is 72.8 Å². The van der Waals surface area contributed by atoms with Crippen molar-refractivity contribution in [3.63, 3.8) is 0 Å². The van der Waals surface area contributed by atoms with Crippen LogP contribution >= 0.6 is 0 Å². The predicted octanol–water partition coefficient (Wildman–Crippen LogP) is 3.67. The summed E-state index contributed by atoms with van der Waals surface area (Å²) in [7, 11) is 0. The van der Waals surface area contributed by atoms with Crippen LogP contribution in [-0.2, 0) is 27.3 Å². The van der Waals surface area contributed by atoms with Crippen molar-refractivity contribution >= 4 is 28.4 Å². The SMILES string of the molecule is O=C(NCCCN1CCOCC1)C(=O)[C@H](Cc1ccccc1)NC(=O)c1ccc(CNOc2ccc3ccccc3c2)cc1. The van der Waals surface area contributed by atoms with Gasteiger partial charge in [0, 0.05) is 31.6 Å². The van der Waals surface area contributed by atoms with Gasteiger partial charge in [0.15, 0.2) is 0 Å². The summed E-state index contributed by atoms with van der Waals surface area (Å²) in [6, 6.07) is 29.3. The van der Waals surface area contributed by atoms with Gasteiger partial charge in [-0.15, -0.1) is 0 Å². The lowest BCUT2D eigenvalue weighted by Crippen LogP contribution is -2.49. The van der Waals surface area contributed by atoms with Gasteiger partial charge in [-0.3, -0.25) is 19.3 Å². The molecule has 1 fully saturated rings. The molecular formula is C35H38N4O5. The quantitative estimate of drug-likeness (QED) is 0.116. The van der Waals surface area contributed by atoms with Gasteiger partial charge in [0.1, 0.15) is 11.8 Å². The summed E-state index contributed by atoms with van der Waals surface area (Å²) >= 11 is 0. The molecule has 4 aromatic carbocycles. The standard InChI is InChI=1S/C35H38N4O5/c40-33(35(42)36-17-6-18-39-19-21-43-22-20-39)32(23-26-7-2-1-3-8-26)38-34(41)29-13-11-27(12-14-29)25-37-44-31-16-15-28-9-4-5-10-30(28)24-31/h1-5,7-16,24,32,37H,6,17-23,25H2,(H,36,42)(H,38,41)/t32-/m0/s1. The number of amides is 2. The summed E-state index contributed by atoms with van der Waals surface area (Å²) in [6.07, 6.45) is 0.934. The number of ketones is 1. The monoisotopic (exact) mass is 594 g/mol. The van der Waals surface area contributed by atoms with E-state index in [9.17, 15) is 14.4 Å². The maximum atomic E-state index is 13.2. The van der Waals surface area contributed by atoms with Gasteiger partial charge in [-0.2, -0.15) is 5.48 Å². The van der Waals surface area contributed by atoms with Crippen molar-refractivity contribution in [2.24, 2.45) is 0 Å². The number of Topliss-reactive ketones (excluding diaryl/α,β-unsaturated/α-hetero) is 1. The molecule has 1 heterocycles. The highest BCUT2D eigenvalue weighted by atomic mass is 16.6. The zero-order valence-corrected chi connectivity index (χ0v) is 24.7. The average molecular weight is 595 g/mol. The third kappa shape index (κ3) is 8.97. The number of carbonyl (C=O) groups excluding carboxylic acids is 3. The highest BCUT2D eigenvalue weighted by Gasteiger charge is 2.27. The maximum Gasteiger partial charge on any atom is 0.289 e. The minimum Gasteiger partial charge on any atom is -0.408 e. The van der Waals surface area contributed by atoms with Crippen LogP contribution in [0, 0.1) is 0 Å². The van der Waals surface area contributed by atoms with E-state index >= 15 is 0 Å². The van der Waals surface area contributed by atoms with Crippen LogP contribution in [0.1, 0.15) is 27.9 Å². The molecule has 3 N–H and O–H groups in total. The van der Waals surface area contributed by atoms with Crippen molar-refractivity contribution in [3.8, 4) is 5.75 Å². The molecule has 0 spiro atoms. The Morgan fingerprint density at radius 3 is 2.32 bits per heavy atom. The molecule has 0 aliphatic carbocycles. The summed E-state index contributed by atoms with van der Waals surface area (Å²) in [5, 5.41) is 7.75. The number of fused-ring (bicyclic) bond motifs is 1. The Balaban J connectivity index is 1.13. The van der Waals surface area contributed by atoms with E-state index in [1.165, 1.54) is 0 Å². The fourth-order valence-corrected chi connectivity index (χ4v) is 5.08. The molecule has 4 aromatic rings. The van der Waals surface area contributed by atoms with Crippen LogP contribution in [0.2, 0.25) is 0 Å². The summed E-state index contributed by atoms with van der Waals surface area (Å²) < 4.78 is 5.36. The zero-order chi connectivity index (χ0) is 30.6. The number of hydrogen-bond donors (Lipinski definition) is 3. The lowest BCUT2D eigenvalue weighted by molar-refractivity contribution is -0.139. The number of hydrogen-bond acceptors (Lipinski definition) is 7. The Bertz CT molecular complexity index is 1540. The first-order valence-electron chi connectivity index (χ1n) is 15.0. The molecule has 2 amide bonds. The van der Waals surface area contributed by atoms with Gasteiger partial charge in [-0.25, -0.2) is 0 Å². The minimum atomic E-state index is -0.999. The molecule has 228 valence electrons. The topological polar surface area (TPSA) is 109 Å². The van der Waals surface area contributed by atoms with E-state index in [0.717, 1.165) is 48.0 Å². The summed E-state index contributed by atoms with van der Waals surface area (Å²) in [5.41, 5.74) is 5.11. The fraction of sp³-hybridized carbons (Fsp3) is 0.286. The van der Waals surface area contributed by atoms with Crippen molar-refractivity contribution in [2.45, 2.75) is 25.4 Å². The van der Waals surface area contributed by atoms with Crippen LogP contribution in [0.4, 0.5) is 0 Å². The number of hydroxylamine groups is 1. The Hall–Kier alpha value is -4.57. The van der Waals surface area contributed by atoms with Crippen LogP contribution in [0.25, 0.3) is 10.8 Å². The molecule has 0 radical (unpaired) electrons. The normalized spacial score (nSPS) is 14.1. The van der Waals surface area contributed by atoms with E-state index in [1.807, 2.05) is 84.9 Å². The Kier molecular flexibility index (Phi) is 11.1. The summed E-state index contributed by atoms with van der Waals surface area (Å²) in [4.78, 5) is 47.1. The second-order valence-corrected chi connectivity index (χ2v) is 10.8. The Morgan fingerprint density at radius 1 is 0.818 bits per heavy atom. The molecule has 9 nitrogen and oxygen atoms in total. The molecular weight excluding hydrogens is 556 g/mol. The number of rotatable bonds is 14. The Labute approximate surface area is 257 Å². The largest absolute Gasteiger partial charge is 0.408 e. The molecule has 1 atom stereocenters. The van der Waals surface area contributed by atoms with E-state index in [4.69, 9.17) is 9.57 Å². The second kappa shape index (κ2) is 15.8. The van der Waals surface area contributed by atoms with Crippen LogP contribution < -0.4 is 21.0 Å². The van der Waals surface area contributed by atoms with Crippen molar-refractivity contribution in [2.75, 3.05) is 39.4 Å². The third-order valence-electron chi connectivity index (χ3n) is 7.57. The molecule has 1 aliphatic rings. The molecule has 0 bridgehead atoms. The number of morpholine rings is 1. The first-order chi connectivity index (χ1) is 21.5. The third-order valence-corrected chi connectivity index (χ3v) is 7.57. The molecule has 9 heteroatoms. The van der Waals surface area contributed by atoms with Crippen LogP contribution in [0.15, 0.2) is 97.1 Å². The molecule has 0 aromatic heterocycles. The lowest BCUT2D eigenvalue weighted by Gasteiger charge is -2.26. The number of nitrogens with one attached hydrogen (secondary N) is 3. The molecule has 1 aliphatic heterocycles. The molecule has 44 heavy (non-hydrogen) atoms. The highest BCUT2D eigenvalue weighted by molar-refractivity contribution is 6.38. The Morgan fingerprint density at radius 2 is 1.55 bits per heavy atom. The second-order valence-electron chi connectivity index (χ2n) is 10.8. The van der Waals surface area contributed by atoms with Crippen LogP contribution in [0.3, 0.4) is 0 Å². The lowest BCUT2D eigenvalue weighted by atomic mass is 10.0. The van der Waals surface area contributed by atoms with E-state index in [0.29, 0.717) is 37.6 Å². The molecule has 1 saturated heterocycles. The van der Waals surface area contributed by atoms with Gasteiger partial charge in [-0.05, 0) is 59.1 Å². The van der Waals surface area contributed by atoms with E-state index < -0.39 is 23.6 Å². The number of carbonyl (C=O) groups is 3. The van der Waals surface area contributed by atoms with Gasteiger partial charge in [0.25, 0.3) is 11.8 Å². The van der Waals surface area contributed by atoms with E-state index in [2.05, 4.69) is 21.0 Å². The number of ether oxygens (including phenoxy) is 1. The van der Waals surface area contributed by atoms with Crippen molar-refractivity contribution in [1.29, 1.82) is 0 Å². The summed E-state index contributed by atoms with van der Waals surface area (Å²) in [5.74, 6) is -1.08. The van der Waals surface area contributed by atoms with Crippen molar-refractivity contribution < 1.29 is 24.0 Å². The smallest absolute Gasteiger partial charge is 0.289 e. The first kappa shape index (κ1) is 30.9. The predicted molar refractivity (Wildman–Crippen MR) is 169 cm³/mol. The fourth-order valence-electron chi connectivity index (χ4n) is 5.08. The van der Waals surface area contributed by atoms with Crippen LogP contribution in [-0.4, -0.2) is 67.9 Å². The zero-order valence-electron chi connectivity index (χ0n) is 24.7. The van der Waals surface area contributed by atoms with Gasteiger partial charge in [0.05, 0.1) is 19.8 Å². The maximum absolute atomic E-state index is 13.2. The molecule has 0 unspecified atom stereocenters. The number of nitrogens with zero attached hydrogens (tertiary/aromatic N) is 1. The first-order valence-corrected chi connectivity index (χ1v) is 15.0. The van der Waals surface area contributed by atoms with Gasteiger partial charge >= 0.3 is 0 Å². The number of benzene rings is 4. The van der Waals surface area contributed by atoms with Crippen molar-refractivity contribution in [1.82, 2.24) is 21.0 Å². The van der Waals surface area contributed by atoms with E-state index in [-0.39, 0.29) is 6.42 Å². The minimum absolute atomic E-state index is 0.209.